The highest BCUT2D eigenvalue weighted by Crippen LogP contribution is 2.24. The zero-order chi connectivity index (χ0) is 18.7. The lowest BCUT2D eigenvalue weighted by Gasteiger charge is -2.17. The summed E-state index contributed by atoms with van der Waals surface area (Å²) in [5.74, 6) is -0.355. The Bertz CT molecular complexity index is 960. The molecule has 0 fully saturated rings. The summed E-state index contributed by atoms with van der Waals surface area (Å²) in [6, 6.07) is 4.43. The molecule has 8 heteroatoms. The van der Waals surface area contributed by atoms with E-state index in [9.17, 15) is 9.18 Å². The fourth-order valence-electron chi connectivity index (χ4n) is 3.44. The minimum Gasteiger partial charge on any atom is -0.391 e. The van der Waals surface area contributed by atoms with Gasteiger partial charge in [-0.2, -0.15) is 0 Å². The molecule has 0 aliphatic carbocycles. The van der Waals surface area contributed by atoms with Gasteiger partial charge in [0.05, 0.1) is 31.6 Å². The zero-order valence-corrected chi connectivity index (χ0v) is 14.8. The van der Waals surface area contributed by atoms with Crippen molar-refractivity contribution in [1.82, 2.24) is 14.1 Å². The van der Waals surface area contributed by atoms with Gasteiger partial charge in [-0.15, -0.1) is 0 Å². The topological polar surface area (TPSA) is 84.7 Å². The van der Waals surface area contributed by atoms with Crippen LogP contribution in [0.25, 0.3) is 21.9 Å². The predicted octanol–water partition coefficient (Wildman–Crippen LogP) is -0.713. The largest absolute Gasteiger partial charge is 0.391 e. The number of rotatable bonds is 8. The van der Waals surface area contributed by atoms with Crippen molar-refractivity contribution in [2.75, 3.05) is 32.8 Å². The van der Waals surface area contributed by atoms with E-state index < -0.39 is 0 Å². The van der Waals surface area contributed by atoms with Gasteiger partial charge in [0, 0.05) is 25.4 Å². The van der Waals surface area contributed by atoms with Gasteiger partial charge in [0.25, 0.3) is 5.56 Å². The molecule has 1 aromatic carbocycles. The summed E-state index contributed by atoms with van der Waals surface area (Å²) in [4.78, 5) is 18.3. The summed E-state index contributed by atoms with van der Waals surface area (Å²) in [5.41, 5.74) is 1.59. The van der Waals surface area contributed by atoms with E-state index in [1.807, 2.05) is 0 Å². The molecule has 2 heterocycles. The SMILES string of the molecule is Cn1c2ccc(F)cc2c2ncn(CCC[NH+](CCO)CCO)c(=O)c21. The minimum absolute atomic E-state index is 0.0648. The first kappa shape index (κ1) is 18.5. The Morgan fingerprint density at radius 2 is 1.92 bits per heavy atom. The Kier molecular flexibility index (Phi) is 5.65. The van der Waals surface area contributed by atoms with Gasteiger partial charge >= 0.3 is 0 Å². The summed E-state index contributed by atoms with van der Waals surface area (Å²) >= 11 is 0. The van der Waals surface area contributed by atoms with E-state index in [0.29, 0.717) is 36.1 Å². The molecule has 0 aliphatic heterocycles. The van der Waals surface area contributed by atoms with Gasteiger partial charge in [-0.25, -0.2) is 9.37 Å². The summed E-state index contributed by atoms with van der Waals surface area (Å²) in [7, 11) is 1.78. The van der Waals surface area contributed by atoms with Crippen molar-refractivity contribution in [2.45, 2.75) is 13.0 Å². The number of aromatic nitrogens is 3. The Balaban J connectivity index is 1.87. The minimum atomic E-state index is -0.355. The van der Waals surface area contributed by atoms with Crippen LogP contribution >= 0.6 is 0 Å². The zero-order valence-electron chi connectivity index (χ0n) is 14.8. The van der Waals surface area contributed by atoms with Crippen LogP contribution < -0.4 is 10.5 Å². The third kappa shape index (κ3) is 3.48. The molecule has 0 aliphatic rings. The van der Waals surface area contributed by atoms with Crippen LogP contribution in [-0.2, 0) is 13.6 Å². The van der Waals surface area contributed by atoms with E-state index >= 15 is 0 Å². The van der Waals surface area contributed by atoms with Crippen LogP contribution in [0.3, 0.4) is 0 Å². The van der Waals surface area contributed by atoms with Gasteiger partial charge in [-0.1, -0.05) is 0 Å². The van der Waals surface area contributed by atoms with E-state index in [1.165, 1.54) is 18.5 Å². The number of aliphatic hydroxyl groups excluding tert-OH is 2. The first-order valence-corrected chi connectivity index (χ1v) is 8.75. The maximum atomic E-state index is 13.6. The molecular weight excluding hydrogens is 339 g/mol. The Morgan fingerprint density at radius 3 is 2.62 bits per heavy atom. The molecule has 0 radical (unpaired) electrons. The average Bonchev–Trinajstić information content (AvgIpc) is 2.90. The predicted molar refractivity (Wildman–Crippen MR) is 96.8 cm³/mol. The van der Waals surface area contributed by atoms with Gasteiger partial charge in [0.2, 0.25) is 0 Å². The van der Waals surface area contributed by atoms with Crippen LogP contribution in [0, 0.1) is 5.82 Å². The summed E-state index contributed by atoms with van der Waals surface area (Å²) in [6.45, 7) is 2.51. The molecule has 0 unspecified atom stereocenters. The van der Waals surface area contributed by atoms with Crippen LogP contribution in [0.15, 0.2) is 29.3 Å². The second kappa shape index (κ2) is 7.94. The molecule has 2 aromatic heterocycles. The lowest BCUT2D eigenvalue weighted by Crippen LogP contribution is -3.13. The fraction of sp³-hybridized carbons (Fsp3) is 0.444. The van der Waals surface area contributed by atoms with Crippen molar-refractivity contribution in [2.24, 2.45) is 7.05 Å². The normalized spacial score (nSPS) is 11.9. The maximum Gasteiger partial charge on any atom is 0.277 e. The molecule has 3 rings (SSSR count). The molecule has 7 nitrogen and oxygen atoms in total. The van der Waals surface area contributed by atoms with Gasteiger partial charge in [-0.3, -0.25) is 9.36 Å². The number of aliphatic hydroxyl groups is 2. The molecule has 140 valence electrons. The second-order valence-corrected chi connectivity index (χ2v) is 6.46. The lowest BCUT2D eigenvalue weighted by molar-refractivity contribution is -0.901. The highest BCUT2D eigenvalue weighted by Gasteiger charge is 2.15. The van der Waals surface area contributed by atoms with E-state index in [1.54, 1.807) is 22.2 Å². The highest BCUT2D eigenvalue weighted by atomic mass is 19.1. The second-order valence-electron chi connectivity index (χ2n) is 6.46. The lowest BCUT2D eigenvalue weighted by atomic mass is 10.2. The maximum absolute atomic E-state index is 13.6. The van der Waals surface area contributed by atoms with Crippen molar-refractivity contribution < 1.29 is 19.5 Å². The smallest absolute Gasteiger partial charge is 0.277 e. The van der Waals surface area contributed by atoms with Crippen LogP contribution in [0.1, 0.15) is 6.42 Å². The summed E-state index contributed by atoms with van der Waals surface area (Å²) in [6.07, 6.45) is 2.23. The van der Waals surface area contributed by atoms with Gasteiger partial charge < -0.3 is 19.7 Å². The standard InChI is InChI=1S/C18H23FN4O3/c1-21-15-4-3-13(19)11-14(15)16-17(21)18(26)23(12-20-16)6-2-5-22(7-9-24)8-10-25/h3-4,11-12,24-25H,2,5-10H2,1H3/p+1. The molecule has 0 saturated heterocycles. The molecule has 0 atom stereocenters. The number of hydrogen-bond donors (Lipinski definition) is 3. The van der Waals surface area contributed by atoms with Crippen LogP contribution in [0.2, 0.25) is 0 Å². The fourth-order valence-corrected chi connectivity index (χ4v) is 3.44. The number of nitrogens with zero attached hydrogens (tertiary/aromatic N) is 3. The molecule has 3 N–H and O–H groups in total. The third-order valence-corrected chi connectivity index (χ3v) is 4.78. The quantitative estimate of drug-likeness (QED) is 0.494. The summed E-state index contributed by atoms with van der Waals surface area (Å²) in [5, 5.41) is 18.8. The van der Waals surface area contributed by atoms with Crippen molar-refractivity contribution in [3.8, 4) is 0 Å². The van der Waals surface area contributed by atoms with E-state index in [-0.39, 0.29) is 24.6 Å². The molecule has 0 bridgehead atoms. The Morgan fingerprint density at radius 1 is 1.19 bits per heavy atom. The Labute approximate surface area is 149 Å². The van der Waals surface area contributed by atoms with Crippen molar-refractivity contribution >= 4 is 21.9 Å². The van der Waals surface area contributed by atoms with Gasteiger partial charge in [-0.05, 0) is 18.2 Å². The molecule has 0 spiro atoms. The molecule has 0 saturated carbocycles. The molecular formula is C18H24FN4O3+. The third-order valence-electron chi connectivity index (χ3n) is 4.78. The van der Waals surface area contributed by atoms with Crippen molar-refractivity contribution in [3.63, 3.8) is 0 Å². The molecule has 26 heavy (non-hydrogen) atoms. The first-order chi connectivity index (χ1) is 12.6. The van der Waals surface area contributed by atoms with Crippen molar-refractivity contribution in [3.05, 3.63) is 40.7 Å². The van der Waals surface area contributed by atoms with Crippen LogP contribution in [0.4, 0.5) is 4.39 Å². The van der Waals surface area contributed by atoms with E-state index in [0.717, 1.165) is 23.4 Å². The highest BCUT2D eigenvalue weighted by molar-refractivity contribution is 6.05. The number of aryl methyl sites for hydroxylation is 2. The average molecular weight is 363 g/mol. The Hall–Kier alpha value is -2.29. The first-order valence-electron chi connectivity index (χ1n) is 8.75. The number of halogens is 1. The van der Waals surface area contributed by atoms with E-state index in [4.69, 9.17) is 10.2 Å². The van der Waals surface area contributed by atoms with Crippen molar-refractivity contribution in [1.29, 1.82) is 0 Å². The number of nitrogens with one attached hydrogen (secondary N) is 1. The van der Waals surface area contributed by atoms with Gasteiger partial charge in [0.15, 0.2) is 0 Å². The molecule has 3 aromatic rings. The van der Waals surface area contributed by atoms with Crippen LogP contribution in [0.5, 0.6) is 0 Å². The number of fused-ring (bicyclic) bond motifs is 3. The van der Waals surface area contributed by atoms with Crippen LogP contribution in [-0.4, -0.2) is 57.2 Å². The van der Waals surface area contributed by atoms with E-state index in [2.05, 4.69) is 4.98 Å². The number of hydrogen-bond acceptors (Lipinski definition) is 4. The number of quaternary nitrogens is 1. The van der Waals surface area contributed by atoms with Gasteiger partial charge in [0.1, 0.15) is 29.9 Å². The monoisotopic (exact) mass is 363 g/mol. The summed E-state index contributed by atoms with van der Waals surface area (Å²) < 4.78 is 16.9. The number of benzene rings is 1. The molecule has 0 amide bonds.